The number of rotatable bonds is 5. The van der Waals surface area contributed by atoms with Gasteiger partial charge in [0.05, 0.1) is 14.2 Å². The van der Waals surface area contributed by atoms with Crippen LogP contribution in [0.2, 0.25) is 0 Å². The molecule has 28 heavy (non-hydrogen) atoms. The van der Waals surface area contributed by atoms with E-state index in [-0.39, 0.29) is 16.2 Å². The molecule has 0 aromatic heterocycles. The van der Waals surface area contributed by atoms with Gasteiger partial charge < -0.3 is 14.3 Å². The fourth-order valence-electron chi connectivity index (χ4n) is 5.05. The summed E-state index contributed by atoms with van der Waals surface area (Å²) in [6, 6.07) is 14.4. The fraction of sp³-hybridized carbons (Fsp3) is 0.458. The number of hydrogen-bond donors (Lipinski definition) is 0. The van der Waals surface area contributed by atoms with Gasteiger partial charge in [-0.25, -0.2) is 0 Å². The topological polar surface area (TPSA) is 35.5 Å². The van der Waals surface area contributed by atoms with E-state index in [4.69, 9.17) is 9.47 Å². The summed E-state index contributed by atoms with van der Waals surface area (Å²) in [5, 5.41) is 1.26. The molecule has 2 aromatic rings. The summed E-state index contributed by atoms with van der Waals surface area (Å²) in [6.07, 6.45) is 2.96. The van der Waals surface area contributed by atoms with Gasteiger partial charge in [0.15, 0.2) is 0 Å². The number of hydrogen-bond acceptors (Lipinski definition) is 3. The molecular weight excluding hydrogens is 367 g/mol. The standard InChI is InChI=1S/C24H31O3P/c1-23(2)14-17(16-25)15-24(3,4)28(23)22-20(27-6)13-12-19(26-5)21(22)18-10-8-7-9-11-18/h7-13,16-17H,14-15H2,1-6H3. The smallest absolute Gasteiger partial charge is 0.127 e. The SMILES string of the molecule is COc1ccc(OC)c(P2C(C)(C)CC(C=O)CC2(C)C)c1-c1ccccc1. The summed E-state index contributed by atoms with van der Waals surface area (Å²) in [5.41, 5.74) is 2.26. The van der Waals surface area contributed by atoms with Crippen LogP contribution in [0.4, 0.5) is 0 Å². The quantitative estimate of drug-likeness (QED) is 0.483. The summed E-state index contributed by atoms with van der Waals surface area (Å²) >= 11 is 0. The van der Waals surface area contributed by atoms with Crippen molar-refractivity contribution in [2.45, 2.75) is 50.8 Å². The van der Waals surface area contributed by atoms with Crippen molar-refractivity contribution in [2.24, 2.45) is 5.92 Å². The van der Waals surface area contributed by atoms with Gasteiger partial charge in [-0.15, -0.1) is 0 Å². The van der Waals surface area contributed by atoms with Crippen molar-refractivity contribution in [1.29, 1.82) is 0 Å². The Hall–Kier alpha value is -1.86. The van der Waals surface area contributed by atoms with Crippen LogP contribution in [0, 0.1) is 5.92 Å². The third-order valence-electron chi connectivity index (χ3n) is 5.76. The number of carbonyl (C=O) groups excluding carboxylic acids is 1. The van der Waals surface area contributed by atoms with Gasteiger partial charge in [-0.05, 0) is 40.8 Å². The Labute approximate surface area is 170 Å². The second-order valence-electron chi connectivity index (χ2n) is 8.82. The summed E-state index contributed by atoms with van der Waals surface area (Å²) in [5.74, 6) is 1.89. The van der Waals surface area contributed by atoms with E-state index >= 15 is 0 Å². The van der Waals surface area contributed by atoms with E-state index in [2.05, 4.69) is 52.0 Å². The molecule has 4 heteroatoms. The Kier molecular flexibility index (Phi) is 5.87. The molecule has 0 spiro atoms. The van der Waals surface area contributed by atoms with Crippen LogP contribution in [-0.2, 0) is 4.79 Å². The lowest BCUT2D eigenvalue weighted by atomic mass is 9.88. The molecular formula is C24H31O3P. The van der Waals surface area contributed by atoms with Crippen molar-refractivity contribution in [3.05, 3.63) is 42.5 Å². The van der Waals surface area contributed by atoms with Crippen LogP contribution < -0.4 is 14.8 Å². The van der Waals surface area contributed by atoms with E-state index in [1.54, 1.807) is 14.2 Å². The molecule has 0 amide bonds. The zero-order valence-electron chi connectivity index (χ0n) is 17.8. The first-order valence-electron chi connectivity index (χ1n) is 9.81. The van der Waals surface area contributed by atoms with Crippen LogP contribution in [0.25, 0.3) is 11.1 Å². The molecule has 1 heterocycles. The summed E-state index contributed by atoms with van der Waals surface area (Å²) < 4.78 is 11.7. The van der Waals surface area contributed by atoms with E-state index in [9.17, 15) is 4.79 Å². The number of methoxy groups -OCH3 is 2. The zero-order chi connectivity index (χ0) is 20.5. The predicted octanol–water partition coefficient (Wildman–Crippen LogP) is 5.64. The average Bonchev–Trinajstić information content (AvgIpc) is 2.66. The van der Waals surface area contributed by atoms with Crippen molar-refractivity contribution in [3.8, 4) is 22.6 Å². The van der Waals surface area contributed by atoms with Gasteiger partial charge in [-0.2, -0.15) is 0 Å². The summed E-state index contributed by atoms with van der Waals surface area (Å²) in [6.45, 7) is 9.24. The molecule has 0 N–H and O–H groups in total. The minimum Gasteiger partial charge on any atom is -0.496 e. The van der Waals surface area contributed by atoms with E-state index < -0.39 is 7.92 Å². The molecule has 1 aliphatic rings. The van der Waals surface area contributed by atoms with Crippen molar-refractivity contribution >= 4 is 19.5 Å². The Morgan fingerprint density at radius 1 is 0.893 bits per heavy atom. The van der Waals surface area contributed by atoms with Crippen molar-refractivity contribution in [1.82, 2.24) is 0 Å². The molecule has 0 unspecified atom stereocenters. The lowest BCUT2D eigenvalue weighted by molar-refractivity contribution is -0.112. The minimum atomic E-state index is -0.643. The van der Waals surface area contributed by atoms with Gasteiger partial charge in [-0.3, -0.25) is 0 Å². The van der Waals surface area contributed by atoms with Gasteiger partial charge in [-0.1, -0.05) is 65.9 Å². The second-order valence-corrected chi connectivity index (χ2v) is 12.4. The van der Waals surface area contributed by atoms with Gasteiger partial charge in [0.2, 0.25) is 0 Å². The molecule has 0 saturated carbocycles. The Bertz CT molecular complexity index is 824. The Morgan fingerprint density at radius 3 is 1.93 bits per heavy atom. The van der Waals surface area contributed by atoms with E-state index in [0.29, 0.717) is 0 Å². The molecule has 1 fully saturated rings. The maximum atomic E-state index is 11.7. The highest BCUT2D eigenvalue weighted by atomic mass is 31.1. The van der Waals surface area contributed by atoms with Gasteiger partial charge in [0, 0.05) is 16.8 Å². The molecule has 1 saturated heterocycles. The normalized spacial score (nSPS) is 23.1. The van der Waals surface area contributed by atoms with Gasteiger partial charge in [0.1, 0.15) is 17.8 Å². The molecule has 0 bridgehead atoms. The fourth-order valence-corrected chi connectivity index (χ4v) is 9.59. The third-order valence-corrected chi connectivity index (χ3v) is 9.43. The average molecular weight is 398 g/mol. The molecule has 0 atom stereocenters. The largest absolute Gasteiger partial charge is 0.496 e. The summed E-state index contributed by atoms with van der Waals surface area (Å²) in [4.78, 5) is 11.7. The first-order chi connectivity index (χ1) is 13.2. The summed E-state index contributed by atoms with van der Waals surface area (Å²) in [7, 11) is 2.83. The molecule has 3 rings (SSSR count). The van der Waals surface area contributed by atoms with Gasteiger partial charge in [0.25, 0.3) is 0 Å². The number of carbonyl (C=O) groups is 1. The van der Waals surface area contributed by atoms with Crippen LogP contribution in [0.15, 0.2) is 42.5 Å². The van der Waals surface area contributed by atoms with Crippen molar-refractivity contribution < 1.29 is 14.3 Å². The van der Waals surface area contributed by atoms with Crippen LogP contribution in [0.5, 0.6) is 11.5 Å². The predicted molar refractivity (Wildman–Crippen MR) is 118 cm³/mol. The van der Waals surface area contributed by atoms with Crippen LogP contribution in [0.3, 0.4) is 0 Å². The molecule has 2 aromatic carbocycles. The lowest BCUT2D eigenvalue weighted by Crippen LogP contribution is -2.44. The highest BCUT2D eigenvalue weighted by molar-refractivity contribution is 7.69. The van der Waals surface area contributed by atoms with Crippen molar-refractivity contribution in [3.63, 3.8) is 0 Å². The highest BCUT2D eigenvalue weighted by Crippen LogP contribution is 2.68. The monoisotopic (exact) mass is 398 g/mol. The molecule has 1 aliphatic heterocycles. The zero-order valence-corrected chi connectivity index (χ0v) is 18.7. The van der Waals surface area contributed by atoms with Crippen LogP contribution in [0.1, 0.15) is 40.5 Å². The Morgan fingerprint density at radius 2 is 1.43 bits per heavy atom. The second kappa shape index (κ2) is 7.87. The number of benzene rings is 2. The first-order valence-corrected chi connectivity index (χ1v) is 11.2. The Balaban J connectivity index is 2.32. The third kappa shape index (κ3) is 3.70. The molecule has 0 radical (unpaired) electrons. The maximum Gasteiger partial charge on any atom is 0.127 e. The lowest BCUT2D eigenvalue weighted by Gasteiger charge is -2.52. The van der Waals surface area contributed by atoms with Gasteiger partial charge >= 0.3 is 0 Å². The maximum absolute atomic E-state index is 11.7. The molecule has 150 valence electrons. The number of ether oxygens (including phenoxy) is 2. The van der Waals surface area contributed by atoms with E-state index in [1.165, 1.54) is 5.30 Å². The van der Waals surface area contributed by atoms with Crippen LogP contribution in [-0.4, -0.2) is 30.8 Å². The van der Waals surface area contributed by atoms with Crippen molar-refractivity contribution in [2.75, 3.05) is 14.2 Å². The van der Waals surface area contributed by atoms with E-state index in [1.807, 2.05) is 18.2 Å². The molecule has 0 aliphatic carbocycles. The minimum absolute atomic E-state index is 0.00579. The first kappa shape index (κ1) is 20.9. The van der Waals surface area contributed by atoms with E-state index in [0.717, 1.165) is 41.8 Å². The van der Waals surface area contributed by atoms with Crippen LogP contribution >= 0.6 is 7.92 Å². The number of aldehydes is 1. The molecule has 3 nitrogen and oxygen atoms in total. The highest BCUT2D eigenvalue weighted by Gasteiger charge is 2.49.